The first-order valence-electron chi connectivity index (χ1n) is 3.26. The number of halogens is 2. The molecule has 0 aliphatic rings. The van der Waals surface area contributed by atoms with Gasteiger partial charge in [0.1, 0.15) is 12.4 Å². The van der Waals surface area contributed by atoms with Crippen molar-refractivity contribution in [2.45, 2.75) is 0 Å². The van der Waals surface area contributed by atoms with Gasteiger partial charge < -0.3 is 4.74 Å². The second-order valence-corrected chi connectivity index (χ2v) is 3.24. The van der Waals surface area contributed by atoms with Gasteiger partial charge in [0.2, 0.25) is 5.95 Å². The van der Waals surface area contributed by atoms with E-state index in [1.165, 1.54) is 18.3 Å². The molecule has 1 heterocycles. The molecule has 0 fully saturated rings. The molecule has 12 heavy (non-hydrogen) atoms. The highest BCUT2D eigenvalue weighted by Gasteiger charge is 1.95. The van der Waals surface area contributed by atoms with E-state index in [0.29, 0.717) is 12.4 Å². The van der Waals surface area contributed by atoms with Gasteiger partial charge in [-0.25, -0.2) is 4.98 Å². The summed E-state index contributed by atoms with van der Waals surface area (Å²) in [6, 6.07) is 2.75. The Morgan fingerprint density at radius 2 is 2.42 bits per heavy atom. The monoisotopic (exact) mass is 231 g/mol. The minimum absolute atomic E-state index is 0.354. The Balaban J connectivity index is 2.53. The fourth-order valence-electron chi connectivity index (χ4n) is 0.609. The molecule has 2 nitrogen and oxygen atoms in total. The Kier molecular flexibility index (Phi) is 3.22. The average Bonchev–Trinajstić information content (AvgIpc) is 2.03. The smallest absolute Gasteiger partial charge is 0.213 e. The van der Waals surface area contributed by atoms with Crippen molar-refractivity contribution >= 4 is 15.9 Å². The predicted octanol–water partition coefficient (Wildman–Crippen LogP) is 2.51. The molecular weight excluding hydrogens is 225 g/mol. The maximum absolute atomic E-state index is 12.3. The Morgan fingerprint density at radius 3 is 2.92 bits per heavy atom. The zero-order valence-electron chi connectivity index (χ0n) is 6.26. The molecule has 0 spiro atoms. The van der Waals surface area contributed by atoms with Crippen molar-refractivity contribution in [3.63, 3.8) is 0 Å². The molecule has 1 rings (SSSR count). The molecule has 1 aromatic heterocycles. The second-order valence-electron chi connectivity index (χ2n) is 2.12. The first-order valence-corrected chi connectivity index (χ1v) is 4.05. The number of aromatic nitrogens is 1. The van der Waals surface area contributed by atoms with Crippen molar-refractivity contribution < 1.29 is 9.13 Å². The zero-order valence-corrected chi connectivity index (χ0v) is 7.84. The number of pyridine rings is 1. The Labute approximate surface area is 78.2 Å². The Morgan fingerprint density at radius 1 is 1.67 bits per heavy atom. The first kappa shape index (κ1) is 9.19. The second kappa shape index (κ2) is 4.21. The SMILES string of the molecule is C=C(Br)COc1ccc(F)nc1. The lowest BCUT2D eigenvalue weighted by atomic mass is 10.4. The Hall–Kier alpha value is -0.900. The molecule has 4 heteroatoms. The van der Waals surface area contributed by atoms with Crippen LogP contribution in [0, 0.1) is 5.95 Å². The van der Waals surface area contributed by atoms with Crippen LogP contribution in [-0.2, 0) is 0 Å². The summed E-state index contributed by atoms with van der Waals surface area (Å²) < 4.78 is 18.2. The summed E-state index contributed by atoms with van der Waals surface area (Å²) in [5, 5.41) is 0. The molecule has 0 N–H and O–H groups in total. The van der Waals surface area contributed by atoms with E-state index in [1.54, 1.807) is 0 Å². The third-order valence-corrected chi connectivity index (χ3v) is 1.32. The van der Waals surface area contributed by atoms with Gasteiger partial charge >= 0.3 is 0 Å². The van der Waals surface area contributed by atoms with Crippen LogP contribution in [0.2, 0.25) is 0 Å². The van der Waals surface area contributed by atoms with Gasteiger partial charge in [-0.1, -0.05) is 22.5 Å². The van der Waals surface area contributed by atoms with E-state index in [2.05, 4.69) is 27.5 Å². The summed E-state index contributed by atoms with van der Waals surface area (Å²) in [5.74, 6) is 0.0111. The van der Waals surface area contributed by atoms with Crippen LogP contribution in [0.1, 0.15) is 0 Å². The summed E-state index contributed by atoms with van der Waals surface area (Å²) in [4.78, 5) is 3.42. The lowest BCUT2D eigenvalue weighted by Crippen LogP contribution is -1.96. The molecule has 0 radical (unpaired) electrons. The molecule has 0 unspecified atom stereocenters. The number of ether oxygens (including phenoxy) is 1. The van der Waals surface area contributed by atoms with Gasteiger partial charge in [-0.2, -0.15) is 4.39 Å². The third kappa shape index (κ3) is 3.00. The minimum Gasteiger partial charge on any atom is -0.487 e. The van der Waals surface area contributed by atoms with E-state index in [0.717, 1.165) is 4.48 Å². The van der Waals surface area contributed by atoms with Gasteiger partial charge in [0.15, 0.2) is 0 Å². The maximum atomic E-state index is 12.3. The Bertz CT molecular complexity index is 273. The van der Waals surface area contributed by atoms with E-state index < -0.39 is 5.95 Å². The number of rotatable bonds is 3. The highest BCUT2D eigenvalue weighted by molar-refractivity contribution is 9.11. The standard InChI is InChI=1S/C8H7BrFNO/c1-6(9)5-12-7-2-3-8(10)11-4-7/h2-4H,1,5H2. The summed E-state index contributed by atoms with van der Waals surface area (Å²) in [7, 11) is 0. The summed E-state index contributed by atoms with van der Waals surface area (Å²) in [6.45, 7) is 3.94. The number of nitrogens with zero attached hydrogens (tertiary/aromatic N) is 1. The number of hydrogen-bond donors (Lipinski definition) is 0. The van der Waals surface area contributed by atoms with Crippen LogP contribution in [-0.4, -0.2) is 11.6 Å². The van der Waals surface area contributed by atoms with Crippen LogP contribution in [0.15, 0.2) is 29.4 Å². The molecule has 0 aromatic carbocycles. The van der Waals surface area contributed by atoms with E-state index in [1.807, 2.05) is 0 Å². The molecule has 64 valence electrons. The quantitative estimate of drug-likeness (QED) is 0.747. The molecule has 0 atom stereocenters. The predicted molar refractivity (Wildman–Crippen MR) is 47.8 cm³/mol. The van der Waals surface area contributed by atoms with Crippen LogP contribution in [0.25, 0.3) is 0 Å². The van der Waals surface area contributed by atoms with E-state index in [4.69, 9.17) is 4.74 Å². The van der Waals surface area contributed by atoms with Crippen LogP contribution in [0.4, 0.5) is 4.39 Å². The van der Waals surface area contributed by atoms with Gasteiger partial charge in [0.05, 0.1) is 6.20 Å². The van der Waals surface area contributed by atoms with E-state index >= 15 is 0 Å². The molecule has 0 aliphatic carbocycles. The van der Waals surface area contributed by atoms with Crippen molar-refractivity contribution in [1.82, 2.24) is 4.98 Å². The van der Waals surface area contributed by atoms with Gasteiger partial charge in [-0.3, -0.25) is 0 Å². The van der Waals surface area contributed by atoms with Gasteiger partial charge in [-0.05, 0) is 12.1 Å². The molecule has 0 aliphatic heterocycles. The normalized spacial score (nSPS) is 9.50. The third-order valence-electron chi connectivity index (χ3n) is 1.10. The molecule has 0 bridgehead atoms. The van der Waals surface area contributed by atoms with Gasteiger partial charge in [0.25, 0.3) is 0 Å². The fourth-order valence-corrected chi connectivity index (χ4v) is 0.724. The summed E-state index contributed by atoms with van der Waals surface area (Å²) in [6.07, 6.45) is 1.32. The topological polar surface area (TPSA) is 22.1 Å². The molecular formula is C8H7BrFNO. The fraction of sp³-hybridized carbons (Fsp3) is 0.125. The molecule has 0 saturated carbocycles. The maximum Gasteiger partial charge on any atom is 0.213 e. The van der Waals surface area contributed by atoms with Gasteiger partial charge in [-0.15, -0.1) is 0 Å². The van der Waals surface area contributed by atoms with Crippen molar-refractivity contribution in [2.24, 2.45) is 0 Å². The molecule has 1 aromatic rings. The largest absolute Gasteiger partial charge is 0.487 e. The van der Waals surface area contributed by atoms with Crippen molar-refractivity contribution in [1.29, 1.82) is 0 Å². The average molecular weight is 232 g/mol. The van der Waals surface area contributed by atoms with Crippen LogP contribution in [0.5, 0.6) is 5.75 Å². The van der Waals surface area contributed by atoms with E-state index in [9.17, 15) is 4.39 Å². The van der Waals surface area contributed by atoms with Crippen LogP contribution < -0.4 is 4.74 Å². The molecule has 0 amide bonds. The van der Waals surface area contributed by atoms with E-state index in [-0.39, 0.29) is 0 Å². The summed E-state index contributed by atoms with van der Waals surface area (Å²) in [5.41, 5.74) is 0. The summed E-state index contributed by atoms with van der Waals surface area (Å²) >= 11 is 3.13. The van der Waals surface area contributed by atoms with Crippen molar-refractivity contribution in [2.75, 3.05) is 6.61 Å². The van der Waals surface area contributed by atoms with Gasteiger partial charge in [0, 0.05) is 4.48 Å². The highest BCUT2D eigenvalue weighted by Crippen LogP contribution is 2.10. The molecule has 0 saturated heterocycles. The highest BCUT2D eigenvalue weighted by atomic mass is 79.9. The van der Waals surface area contributed by atoms with Crippen LogP contribution >= 0.6 is 15.9 Å². The van der Waals surface area contributed by atoms with Crippen LogP contribution in [0.3, 0.4) is 0 Å². The lowest BCUT2D eigenvalue weighted by Gasteiger charge is -2.02. The van der Waals surface area contributed by atoms with Crippen molar-refractivity contribution in [3.8, 4) is 5.75 Å². The minimum atomic E-state index is -0.514. The van der Waals surface area contributed by atoms with Crippen molar-refractivity contribution in [3.05, 3.63) is 35.3 Å². The first-order chi connectivity index (χ1) is 5.68. The zero-order chi connectivity index (χ0) is 8.97. The lowest BCUT2D eigenvalue weighted by molar-refractivity contribution is 0.357. The number of hydrogen-bond acceptors (Lipinski definition) is 2.